The Bertz CT molecular complexity index is 1150. The van der Waals surface area contributed by atoms with E-state index >= 15 is 0 Å². The van der Waals surface area contributed by atoms with Crippen molar-refractivity contribution in [3.63, 3.8) is 0 Å². The summed E-state index contributed by atoms with van der Waals surface area (Å²) in [6.45, 7) is 3.11. The fourth-order valence-electron chi connectivity index (χ4n) is 4.38. The van der Waals surface area contributed by atoms with Crippen molar-refractivity contribution in [1.29, 1.82) is 0 Å². The molecule has 6 nitrogen and oxygen atoms in total. The third-order valence-corrected chi connectivity index (χ3v) is 6.94. The van der Waals surface area contributed by atoms with E-state index in [9.17, 15) is 14.4 Å². The number of amides is 1. The molecular formula is C23H27N3O3S. The number of aromatic nitrogens is 2. The fraction of sp³-hybridized carbons (Fsp3) is 0.435. The van der Waals surface area contributed by atoms with E-state index in [2.05, 4.69) is 6.92 Å². The monoisotopic (exact) mass is 425 g/mol. The van der Waals surface area contributed by atoms with Crippen molar-refractivity contribution < 1.29 is 4.79 Å². The molecule has 3 aromatic rings. The Balaban J connectivity index is 1.72. The Kier molecular flexibility index (Phi) is 6.18. The van der Waals surface area contributed by atoms with Gasteiger partial charge in [-0.3, -0.25) is 18.7 Å². The molecule has 4 rings (SSSR count). The molecule has 1 aliphatic rings. The van der Waals surface area contributed by atoms with Crippen LogP contribution in [0.1, 0.15) is 37.5 Å². The average molecular weight is 426 g/mol. The molecule has 0 bridgehead atoms. The van der Waals surface area contributed by atoms with E-state index in [1.165, 1.54) is 9.13 Å². The van der Waals surface area contributed by atoms with Crippen LogP contribution < -0.4 is 11.2 Å². The zero-order chi connectivity index (χ0) is 21.1. The number of likely N-dealkylation sites (tertiary alicyclic amines) is 1. The lowest BCUT2D eigenvalue weighted by atomic mass is 10.00. The van der Waals surface area contributed by atoms with Crippen LogP contribution in [0.25, 0.3) is 10.9 Å². The number of benzene rings is 1. The summed E-state index contributed by atoms with van der Waals surface area (Å²) >= 11 is 1.61. The van der Waals surface area contributed by atoms with Crippen molar-refractivity contribution in [3.8, 4) is 0 Å². The van der Waals surface area contributed by atoms with Crippen LogP contribution in [0.4, 0.5) is 0 Å². The van der Waals surface area contributed by atoms with Gasteiger partial charge in [0.2, 0.25) is 5.91 Å². The lowest BCUT2D eigenvalue weighted by Crippen LogP contribution is -2.47. The molecule has 1 amide bonds. The van der Waals surface area contributed by atoms with Crippen LogP contribution in [0.15, 0.2) is 51.4 Å². The Morgan fingerprint density at radius 2 is 1.93 bits per heavy atom. The molecule has 7 heteroatoms. The van der Waals surface area contributed by atoms with Gasteiger partial charge >= 0.3 is 5.69 Å². The lowest BCUT2D eigenvalue weighted by molar-refractivity contribution is -0.135. The number of aryl methyl sites for hydroxylation is 1. The van der Waals surface area contributed by atoms with Crippen molar-refractivity contribution in [2.45, 2.75) is 58.2 Å². The number of hydrogen-bond donors (Lipinski definition) is 0. The number of nitrogens with zero attached hydrogens (tertiary/aromatic N) is 3. The van der Waals surface area contributed by atoms with Gasteiger partial charge in [-0.2, -0.15) is 0 Å². The SMILES string of the molecule is CCC1CCCCN1C(=O)Cn1c(=O)n(CCc2cccs2)c(=O)c2ccccc21. The third-order valence-electron chi connectivity index (χ3n) is 6.01. The molecule has 3 heterocycles. The van der Waals surface area contributed by atoms with Crippen molar-refractivity contribution in [3.05, 3.63) is 67.5 Å². The van der Waals surface area contributed by atoms with Crippen LogP contribution in [0, 0.1) is 0 Å². The van der Waals surface area contributed by atoms with Gasteiger partial charge in [0, 0.05) is 24.0 Å². The highest BCUT2D eigenvalue weighted by Crippen LogP contribution is 2.20. The molecular weight excluding hydrogens is 398 g/mol. The van der Waals surface area contributed by atoms with Gasteiger partial charge in [-0.25, -0.2) is 4.79 Å². The zero-order valence-electron chi connectivity index (χ0n) is 17.3. The summed E-state index contributed by atoms with van der Waals surface area (Å²) < 4.78 is 2.76. The summed E-state index contributed by atoms with van der Waals surface area (Å²) in [6, 6.07) is 11.3. The number of para-hydroxylation sites is 1. The maximum atomic E-state index is 13.3. The third kappa shape index (κ3) is 3.99. The van der Waals surface area contributed by atoms with Crippen LogP contribution >= 0.6 is 11.3 Å². The van der Waals surface area contributed by atoms with Crippen molar-refractivity contribution >= 4 is 28.1 Å². The van der Waals surface area contributed by atoms with E-state index in [0.29, 0.717) is 23.9 Å². The van der Waals surface area contributed by atoms with Gasteiger partial charge in [0.1, 0.15) is 6.54 Å². The topological polar surface area (TPSA) is 64.3 Å². The Labute approximate surface area is 179 Å². The van der Waals surface area contributed by atoms with Gasteiger partial charge in [-0.05, 0) is 55.7 Å². The molecule has 0 saturated carbocycles. The standard InChI is InChI=1S/C23H27N3O3S/c1-2-17-8-5-6-13-24(17)21(27)16-26-20-11-4-3-10-19(20)22(28)25(23(26)29)14-12-18-9-7-15-30-18/h3-4,7,9-11,15,17H,2,5-6,8,12-14,16H2,1H3. The number of hydrogen-bond acceptors (Lipinski definition) is 4. The van der Waals surface area contributed by atoms with E-state index in [1.54, 1.807) is 35.6 Å². The van der Waals surface area contributed by atoms with Crippen LogP contribution in [-0.2, 0) is 24.3 Å². The van der Waals surface area contributed by atoms with Gasteiger partial charge in [0.05, 0.1) is 10.9 Å². The van der Waals surface area contributed by atoms with Crippen LogP contribution in [0.5, 0.6) is 0 Å². The molecule has 1 atom stereocenters. The van der Waals surface area contributed by atoms with Gasteiger partial charge in [0.15, 0.2) is 0 Å². The number of rotatable bonds is 6. The molecule has 1 saturated heterocycles. The first-order valence-corrected chi connectivity index (χ1v) is 11.5. The first kappa shape index (κ1) is 20.6. The second-order valence-corrected chi connectivity index (χ2v) is 8.85. The first-order valence-electron chi connectivity index (χ1n) is 10.6. The normalized spacial score (nSPS) is 16.8. The number of piperidine rings is 1. The second kappa shape index (κ2) is 9.00. The Morgan fingerprint density at radius 1 is 1.10 bits per heavy atom. The predicted octanol–water partition coefficient (Wildman–Crippen LogP) is 3.26. The minimum atomic E-state index is -0.409. The average Bonchev–Trinajstić information content (AvgIpc) is 3.30. The minimum absolute atomic E-state index is 0.0326. The summed E-state index contributed by atoms with van der Waals surface area (Å²) in [4.78, 5) is 42.5. The molecule has 30 heavy (non-hydrogen) atoms. The highest BCUT2D eigenvalue weighted by molar-refractivity contribution is 7.09. The molecule has 1 unspecified atom stereocenters. The first-order chi connectivity index (χ1) is 14.6. The summed E-state index contributed by atoms with van der Waals surface area (Å²) in [5.41, 5.74) is -0.174. The smallest absolute Gasteiger partial charge is 0.331 e. The molecule has 2 aromatic heterocycles. The van der Waals surface area contributed by atoms with Crippen molar-refractivity contribution in [2.24, 2.45) is 0 Å². The van der Waals surface area contributed by atoms with Gasteiger partial charge in [-0.15, -0.1) is 11.3 Å². The Hall–Kier alpha value is -2.67. The second-order valence-electron chi connectivity index (χ2n) is 7.82. The van der Waals surface area contributed by atoms with Crippen LogP contribution in [0.2, 0.25) is 0 Å². The number of carbonyl (C=O) groups excluding carboxylic acids is 1. The van der Waals surface area contributed by atoms with Crippen LogP contribution in [0.3, 0.4) is 0 Å². The maximum absolute atomic E-state index is 13.3. The lowest BCUT2D eigenvalue weighted by Gasteiger charge is -2.35. The Morgan fingerprint density at radius 3 is 2.70 bits per heavy atom. The molecule has 1 aliphatic heterocycles. The highest BCUT2D eigenvalue weighted by atomic mass is 32.1. The quantitative estimate of drug-likeness (QED) is 0.609. The summed E-state index contributed by atoms with van der Waals surface area (Å²) in [5.74, 6) is -0.0442. The fourth-order valence-corrected chi connectivity index (χ4v) is 5.08. The van der Waals surface area contributed by atoms with E-state index in [4.69, 9.17) is 0 Å². The highest BCUT2D eigenvalue weighted by Gasteiger charge is 2.26. The molecule has 1 aromatic carbocycles. The van der Waals surface area contributed by atoms with E-state index in [1.807, 2.05) is 22.4 Å². The van der Waals surface area contributed by atoms with E-state index < -0.39 is 5.69 Å². The summed E-state index contributed by atoms with van der Waals surface area (Å²) in [5, 5.41) is 2.46. The van der Waals surface area contributed by atoms with E-state index in [0.717, 1.165) is 37.1 Å². The predicted molar refractivity (Wildman–Crippen MR) is 120 cm³/mol. The van der Waals surface area contributed by atoms with Crippen molar-refractivity contribution in [1.82, 2.24) is 14.0 Å². The van der Waals surface area contributed by atoms with Crippen LogP contribution in [-0.4, -0.2) is 32.5 Å². The minimum Gasteiger partial charge on any atom is -0.338 e. The molecule has 0 aliphatic carbocycles. The van der Waals surface area contributed by atoms with E-state index in [-0.39, 0.29) is 24.1 Å². The van der Waals surface area contributed by atoms with Gasteiger partial charge < -0.3 is 4.90 Å². The number of thiophene rings is 1. The van der Waals surface area contributed by atoms with Gasteiger partial charge in [0.25, 0.3) is 5.56 Å². The number of carbonyl (C=O) groups is 1. The van der Waals surface area contributed by atoms with Gasteiger partial charge in [-0.1, -0.05) is 25.1 Å². The zero-order valence-corrected chi connectivity index (χ0v) is 18.1. The van der Waals surface area contributed by atoms with Crippen molar-refractivity contribution in [2.75, 3.05) is 6.54 Å². The molecule has 0 N–H and O–H groups in total. The summed E-state index contributed by atoms with van der Waals surface area (Å²) in [7, 11) is 0. The number of fused-ring (bicyclic) bond motifs is 1. The summed E-state index contributed by atoms with van der Waals surface area (Å²) in [6.07, 6.45) is 4.68. The molecule has 0 radical (unpaired) electrons. The maximum Gasteiger partial charge on any atom is 0.331 e. The molecule has 158 valence electrons. The molecule has 1 fully saturated rings. The molecule has 0 spiro atoms. The largest absolute Gasteiger partial charge is 0.338 e.